The quantitative estimate of drug-likeness (QED) is 0.741. The maximum absolute atomic E-state index is 12.1. The Hall–Kier alpha value is -2.15. The summed E-state index contributed by atoms with van der Waals surface area (Å²) in [5, 5.41) is 12.7. The first-order valence-corrected chi connectivity index (χ1v) is 10.0. The number of aromatic nitrogens is 2. The van der Waals surface area contributed by atoms with E-state index in [-0.39, 0.29) is 12.5 Å². The summed E-state index contributed by atoms with van der Waals surface area (Å²) in [6.45, 7) is 2.69. The third-order valence-electron chi connectivity index (χ3n) is 4.31. The van der Waals surface area contributed by atoms with Crippen LogP contribution >= 0.6 is 11.3 Å². The van der Waals surface area contributed by atoms with Crippen molar-refractivity contribution >= 4 is 22.4 Å². The van der Waals surface area contributed by atoms with E-state index in [4.69, 9.17) is 9.47 Å². The highest BCUT2D eigenvalue weighted by Gasteiger charge is 2.20. The zero-order valence-corrected chi connectivity index (χ0v) is 15.9. The van der Waals surface area contributed by atoms with Gasteiger partial charge in [-0.2, -0.15) is 0 Å². The lowest BCUT2D eigenvalue weighted by molar-refractivity contribution is -0.118. The van der Waals surface area contributed by atoms with Crippen molar-refractivity contribution in [1.82, 2.24) is 10.2 Å². The summed E-state index contributed by atoms with van der Waals surface area (Å²) in [6.07, 6.45) is 7.12. The third-order valence-corrected chi connectivity index (χ3v) is 5.31. The van der Waals surface area contributed by atoms with Gasteiger partial charge >= 0.3 is 0 Å². The van der Waals surface area contributed by atoms with E-state index < -0.39 is 0 Å². The molecule has 1 N–H and O–H groups in total. The van der Waals surface area contributed by atoms with Crippen LogP contribution in [-0.2, 0) is 4.79 Å². The predicted octanol–water partition coefficient (Wildman–Crippen LogP) is 4.39. The lowest BCUT2D eigenvalue weighted by atomic mass is 9.90. The van der Waals surface area contributed by atoms with Crippen LogP contribution in [0.25, 0.3) is 0 Å². The molecule has 1 aromatic heterocycles. The van der Waals surface area contributed by atoms with Crippen LogP contribution in [0.2, 0.25) is 0 Å². The zero-order valence-electron chi connectivity index (χ0n) is 15.1. The fourth-order valence-corrected chi connectivity index (χ4v) is 3.88. The largest absolute Gasteiger partial charge is 0.494 e. The van der Waals surface area contributed by atoms with Crippen molar-refractivity contribution in [2.45, 2.75) is 51.4 Å². The van der Waals surface area contributed by atoms with Crippen LogP contribution in [0, 0.1) is 0 Å². The second-order valence-corrected chi connectivity index (χ2v) is 7.45. The Morgan fingerprint density at radius 3 is 2.50 bits per heavy atom. The van der Waals surface area contributed by atoms with Crippen LogP contribution in [0.5, 0.6) is 11.5 Å². The van der Waals surface area contributed by atoms with Gasteiger partial charge in [-0.3, -0.25) is 10.1 Å². The molecule has 7 heteroatoms. The fraction of sp³-hybridized carbons (Fsp3) is 0.526. The van der Waals surface area contributed by atoms with Crippen molar-refractivity contribution in [1.29, 1.82) is 0 Å². The third kappa shape index (κ3) is 5.42. The van der Waals surface area contributed by atoms with Gasteiger partial charge in [0.05, 0.1) is 6.61 Å². The van der Waals surface area contributed by atoms with E-state index in [9.17, 15) is 4.79 Å². The minimum absolute atomic E-state index is 0.0620. The normalized spacial score (nSPS) is 14.8. The standard InChI is InChI=1S/C19H25N3O3S/c1-2-12-24-15-8-10-16(11-9-15)25-13-17(23)20-19-22-21-18(26-19)14-6-4-3-5-7-14/h8-11,14H,2-7,12-13H2,1H3,(H,20,22,23). The van der Waals surface area contributed by atoms with Crippen molar-refractivity contribution in [2.75, 3.05) is 18.5 Å². The highest BCUT2D eigenvalue weighted by Crippen LogP contribution is 2.35. The Morgan fingerprint density at radius 2 is 1.81 bits per heavy atom. The van der Waals surface area contributed by atoms with Crippen LogP contribution in [0.15, 0.2) is 24.3 Å². The monoisotopic (exact) mass is 375 g/mol. The second-order valence-electron chi connectivity index (χ2n) is 6.44. The molecular formula is C19H25N3O3S. The second kappa shape index (κ2) is 9.52. The number of ether oxygens (including phenoxy) is 2. The minimum atomic E-state index is -0.234. The summed E-state index contributed by atoms with van der Waals surface area (Å²) in [5.41, 5.74) is 0. The first-order chi connectivity index (χ1) is 12.7. The molecule has 1 saturated carbocycles. The van der Waals surface area contributed by atoms with Gasteiger partial charge in [0.25, 0.3) is 5.91 Å². The lowest BCUT2D eigenvalue weighted by Crippen LogP contribution is -2.20. The molecular weight excluding hydrogens is 350 g/mol. The van der Waals surface area contributed by atoms with Gasteiger partial charge in [-0.05, 0) is 43.5 Å². The van der Waals surface area contributed by atoms with Gasteiger partial charge in [-0.25, -0.2) is 0 Å². The molecule has 0 atom stereocenters. The van der Waals surface area contributed by atoms with Crippen LogP contribution < -0.4 is 14.8 Å². The van der Waals surface area contributed by atoms with Crippen molar-refractivity contribution in [3.63, 3.8) is 0 Å². The molecule has 1 fully saturated rings. The van der Waals surface area contributed by atoms with Gasteiger partial charge in [-0.15, -0.1) is 10.2 Å². The van der Waals surface area contributed by atoms with E-state index in [1.54, 1.807) is 12.1 Å². The van der Waals surface area contributed by atoms with E-state index in [1.165, 1.54) is 43.4 Å². The van der Waals surface area contributed by atoms with Crippen LogP contribution in [0.1, 0.15) is 56.4 Å². The van der Waals surface area contributed by atoms with Gasteiger partial charge in [0.15, 0.2) is 6.61 Å². The number of hydrogen-bond donors (Lipinski definition) is 1. The number of nitrogens with one attached hydrogen (secondary N) is 1. The SMILES string of the molecule is CCCOc1ccc(OCC(=O)Nc2nnc(C3CCCCC3)s2)cc1. The number of amides is 1. The Balaban J connectivity index is 1.44. The summed E-state index contributed by atoms with van der Waals surface area (Å²) in [5.74, 6) is 1.69. The number of carbonyl (C=O) groups excluding carboxylic acids is 1. The van der Waals surface area contributed by atoms with E-state index in [0.717, 1.165) is 17.2 Å². The van der Waals surface area contributed by atoms with Crippen molar-refractivity contribution in [3.05, 3.63) is 29.3 Å². The van der Waals surface area contributed by atoms with Crippen molar-refractivity contribution in [2.24, 2.45) is 0 Å². The predicted molar refractivity (Wildman–Crippen MR) is 102 cm³/mol. The van der Waals surface area contributed by atoms with E-state index in [2.05, 4.69) is 22.4 Å². The number of hydrogen-bond acceptors (Lipinski definition) is 6. The molecule has 1 amide bonds. The van der Waals surface area contributed by atoms with Gasteiger partial charge in [-0.1, -0.05) is 37.5 Å². The van der Waals surface area contributed by atoms with Crippen molar-refractivity contribution < 1.29 is 14.3 Å². The van der Waals surface area contributed by atoms with E-state index in [0.29, 0.717) is 23.4 Å². The highest BCUT2D eigenvalue weighted by molar-refractivity contribution is 7.15. The Bertz CT molecular complexity index is 696. The Morgan fingerprint density at radius 1 is 1.12 bits per heavy atom. The van der Waals surface area contributed by atoms with Crippen molar-refractivity contribution in [3.8, 4) is 11.5 Å². The van der Waals surface area contributed by atoms with Gasteiger partial charge in [0, 0.05) is 5.92 Å². The molecule has 26 heavy (non-hydrogen) atoms. The maximum Gasteiger partial charge on any atom is 0.264 e. The maximum atomic E-state index is 12.1. The number of nitrogens with zero attached hydrogens (tertiary/aromatic N) is 2. The van der Waals surface area contributed by atoms with E-state index in [1.807, 2.05) is 12.1 Å². The molecule has 6 nitrogen and oxygen atoms in total. The number of rotatable bonds is 8. The van der Waals surface area contributed by atoms with Crippen LogP contribution in [0.4, 0.5) is 5.13 Å². The summed E-state index contributed by atoms with van der Waals surface area (Å²) < 4.78 is 11.0. The molecule has 1 aliphatic rings. The molecule has 0 bridgehead atoms. The Kier molecular flexibility index (Phi) is 6.82. The number of carbonyl (C=O) groups is 1. The zero-order chi connectivity index (χ0) is 18.2. The molecule has 3 rings (SSSR count). The summed E-state index contributed by atoms with van der Waals surface area (Å²) >= 11 is 1.47. The number of benzene rings is 1. The molecule has 2 aromatic rings. The molecule has 140 valence electrons. The summed E-state index contributed by atoms with van der Waals surface area (Å²) in [6, 6.07) is 7.27. The first kappa shape index (κ1) is 18.6. The average molecular weight is 375 g/mol. The summed E-state index contributed by atoms with van der Waals surface area (Å²) in [7, 11) is 0. The molecule has 1 aliphatic carbocycles. The minimum Gasteiger partial charge on any atom is -0.494 e. The van der Waals surface area contributed by atoms with Gasteiger partial charge < -0.3 is 9.47 Å². The van der Waals surface area contributed by atoms with E-state index >= 15 is 0 Å². The van der Waals surface area contributed by atoms with Crippen LogP contribution in [0.3, 0.4) is 0 Å². The molecule has 0 unspecified atom stereocenters. The first-order valence-electron chi connectivity index (χ1n) is 9.23. The topological polar surface area (TPSA) is 73.3 Å². The molecule has 1 aromatic carbocycles. The molecule has 0 saturated heterocycles. The smallest absolute Gasteiger partial charge is 0.264 e. The Labute approximate surface area is 157 Å². The molecule has 0 radical (unpaired) electrons. The molecule has 1 heterocycles. The highest BCUT2D eigenvalue weighted by atomic mass is 32.1. The van der Waals surface area contributed by atoms with Crippen LogP contribution in [-0.4, -0.2) is 29.3 Å². The average Bonchev–Trinajstić information content (AvgIpc) is 3.14. The lowest BCUT2D eigenvalue weighted by Gasteiger charge is -2.18. The molecule has 0 spiro atoms. The molecule has 0 aliphatic heterocycles. The fourth-order valence-electron chi connectivity index (χ4n) is 2.96. The van der Waals surface area contributed by atoms with Gasteiger partial charge in [0.2, 0.25) is 5.13 Å². The summed E-state index contributed by atoms with van der Waals surface area (Å²) in [4.78, 5) is 12.1. The number of anilines is 1. The van der Waals surface area contributed by atoms with Gasteiger partial charge in [0.1, 0.15) is 16.5 Å².